The minimum absolute atomic E-state index is 0.217. The summed E-state index contributed by atoms with van der Waals surface area (Å²) in [5, 5.41) is 1.97. The van der Waals surface area contributed by atoms with E-state index in [1.807, 2.05) is 5.32 Å². The van der Waals surface area contributed by atoms with Gasteiger partial charge in [0.2, 0.25) is 11.8 Å². The molecule has 88 valence electrons. The van der Waals surface area contributed by atoms with Crippen molar-refractivity contribution in [3.05, 3.63) is 0 Å². The van der Waals surface area contributed by atoms with E-state index < -0.39 is 37.1 Å². The van der Waals surface area contributed by atoms with Crippen molar-refractivity contribution in [1.82, 2.24) is 5.32 Å². The molecule has 1 rings (SSSR count). The highest BCUT2D eigenvalue weighted by molar-refractivity contribution is 5.78. The Morgan fingerprint density at radius 2 is 2.13 bits per heavy atom. The first kappa shape index (κ1) is 12.3. The van der Waals surface area contributed by atoms with Gasteiger partial charge in [0.05, 0.1) is 6.54 Å². The van der Waals surface area contributed by atoms with Gasteiger partial charge < -0.3 is 5.32 Å². The number of nitrogens with one attached hydrogen (secondary N) is 1. The molecular weight excluding hydrogens is 214 g/mol. The first-order chi connectivity index (χ1) is 6.91. The van der Waals surface area contributed by atoms with Crippen LogP contribution < -0.4 is 5.32 Å². The molecule has 15 heavy (non-hydrogen) atoms. The van der Waals surface area contributed by atoms with E-state index >= 15 is 0 Å². The van der Waals surface area contributed by atoms with Crippen LogP contribution in [0.4, 0.5) is 17.6 Å². The lowest BCUT2D eigenvalue weighted by molar-refractivity contribution is -0.132. The van der Waals surface area contributed by atoms with Gasteiger partial charge in [-0.1, -0.05) is 0 Å². The Kier molecular flexibility index (Phi) is 3.93. The third-order valence-corrected chi connectivity index (χ3v) is 2.44. The maximum Gasteiger partial charge on any atom is 0.255 e. The number of alkyl halides is 4. The van der Waals surface area contributed by atoms with Crippen LogP contribution in [-0.4, -0.2) is 24.8 Å². The summed E-state index contributed by atoms with van der Waals surface area (Å²) < 4.78 is 49.3. The molecule has 6 heteroatoms. The second kappa shape index (κ2) is 4.81. The second-order valence-electron chi connectivity index (χ2n) is 3.79. The first-order valence-corrected chi connectivity index (χ1v) is 4.84. The Morgan fingerprint density at radius 3 is 2.67 bits per heavy atom. The van der Waals surface area contributed by atoms with Crippen molar-refractivity contribution in [2.75, 3.05) is 6.54 Å². The van der Waals surface area contributed by atoms with Gasteiger partial charge in [-0.3, -0.25) is 4.79 Å². The maximum atomic E-state index is 12.9. The number of hydrogen-bond acceptors (Lipinski definition) is 1. The lowest BCUT2D eigenvalue weighted by Gasteiger charge is -2.27. The standard InChI is InChI=1S/C9H13F4NO/c10-7(11)5-14-8(15)6-2-1-3-9(12,13)4-6/h6-7H,1-5H2,(H,14,15)/t6-/m0/s1. The number of carbonyl (C=O) groups excluding carboxylic acids is 1. The largest absolute Gasteiger partial charge is 0.350 e. The molecule has 0 radical (unpaired) electrons. The molecular formula is C9H13F4NO. The van der Waals surface area contributed by atoms with Crippen molar-refractivity contribution in [2.45, 2.75) is 38.0 Å². The monoisotopic (exact) mass is 227 g/mol. The number of carbonyl (C=O) groups is 1. The van der Waals surface area contributed by atoms with Gasteiger partial charge in [-0.25, -0.2) is 17.6 Å². The molecule has 0 spiro atoms. The summed E-state index contributed by atoms with van der Waals surface area (Å²) in [6.45, 7) is -0.763. The van der Waals surface area contributed by atoms with Crippen LogP contribution in [-0.2, 0) is 4.79 Å². The van der Waals surface area contributed by atoms with E-state index in [-0.39, 0.29) is 12.8 Å². The highest BCUT2D eigenvalue weighted by atomic mass is 19.3. The lowest BCUT2D eigenvalue weighted by atomic mass is 9.86. The quantitative estimate of drug-likeness (QED) is 0.736. The number of rotatable bonds is 3. The molecule has 0 aliphatic heterocycles. The van der Waals surface area contributed by atoms with Crippen molar-refractivity contribution in [1.29, 1.82) is 0 Å². The number of amides is 1. The zero-order chi connectivity index (χ0) is 11.5. The summed E-state index contributed by atoms with van der Waals surface area (Å²) in [4.78, 5) is 11.2. The van der Waals surface area contributed by atoms with Crippen LogP contribution >= 0.6 is 0 Å². The predicted octanol–water partition coefficient (Wildman–Crippen LogP) is 2.19. The van der Waals surface area contributed by atoms with Crippen LogP contribution in [0.2, 0.25) is 0 Å². The minimum Gasteiger partial charge on any atom is -0.350 e. The van der Waals surface area contributed by atoms with E-state index in [1.165, 1.54) is 0 Å². The van der Waals surface area contributed by atoms with Crippen LogP contribution in [0.15, 0.2) is 0 Å². The van der Waals surface area contributed by atoms with Crippen molar-refractivity contribution < 1.29 is 22.4 Å². The summed E-state index contributed by atoms with van der Waals surface area (Å²) in [6.07, 6.45) is -2.77. The average molecular weight is 227 g/mol. The third-order valence-electron chi connectivity index (χ3n) is 2.44. The van der Waals surface area contributed by atoms with Crippen molar-refractivity contribution >= 4 is 5.91 Å². The molecule has 2 nitrogen and oxygen atoms in total. The van der Waals surface area contributed by atoms with Crippen LogP contribution in [0.1, 0.15) is 25.7 Å². The van der Waals surface area contributed by atoms with Crippen molar-refractivity contribution in [3.63, 3.8) is 0 Å². The second-order valence-corrected chi connectivity index (χ2v) is 3.79. The predicted molar refractivity (Wildman–Crippen MR) is 45.9 cm³/mol. The Morgan fingerprint density at radius 1 is 1.47 bits per heavy atom. The van der Waals surface area contributed by atoms with E-state index in [0.717, 1.165) is 0 Å². The Labute approximate surface area is 85.0 Å². The van der Waals surface area contributed by atoms with Gasteiger partial charge in [0, 0.05) is 18.8 Å². The highest BCUT2D eigenvalue weighted by Gasteiger charge is 2.39. The molecule has 0 aromatic carbocycles. The zero-order valence-corrected chi connectivity index (χ0v) is 8.11. The van der Waals surface area contributed by atoms with Gasteiger partial charge in [0.1, 0.15) is 0 Å². The van der Waals surface area contributed by atoms with E-state index in [2.05, 4.69) is 0 Å². The fraction of sp³-hybridized carbons (Fsp3) is 0.889. The van der Waals surface area contributed by atoms with Crippen LogP contribution in [0.25, 0.3) is 0 Å². The van der Waals surface area contributed by atoms with Gasteiger partial charge >= 0.3 is 0 Å². The van der Waals surface area contributed by atoms with Crippen LogP contribution in [0, 0.1) is 5.92 Å². The molecule has 1 amide bonds. The average Bonchev–Trinajstić information content (AvgIpc) is 2.12. The zero-order valence-electron chi connectivity index (χ0n) is 8.11. The summed E-state index contributed by atoms with van der Waals surface area (Å²) >= 11 is 0. The molecule has 1 aliphatic carbocycles. The fourth-order valence-electron chi connectivity index (χ4n) is 1.72. The molecule has 1 aliphatic rings. The van der Waals surface area contributed by atoms with E-state index in [0.29, 0.717) is 6.42 Å². The Balaban J connectivity index is 2.39. The van der Waals surface area contributed by atoms with Crippen molar-refractivity contribution in [3.8, 4) is 0 Å². The summed E-state index contributed by atoms with van der Waals surface area (Å²) in [6, 6.07) is 0. The summed E-state index contributed by atoms with van der Waals surface area (Å²) in [5.74, 6) is -4.34. The normalized spacial score (nSPS) is 25.3. The molecule has 1 atom stereocenters. The summed E-state index contributed by atoms with van der Waals surface area (Å²) in [7, 11) is 0. The molecule has 1 N–H and O–H groups in total. The van der Waals surface area contributed by atoms with Gasteiger partial charge in [-0.15, -0.1) is 0 Å². The lowest BCUT2D eigenvalue weighted by Crippen LogP contribution is -2.39. The fourth-order valence-corrected chi connectivity index (χ4v) is 1.72. The summed E-state index contributed by atoms with van der Waals surface area (Å²) in [5.41, 5.74) is 0. The van der Waals surface area contributed by atoms with E-state index in [1.54, 1.807) is 0 Å². The van der Waals surface area contributed by atoms with Gasteiger partial charge in [0.25, 0.3) is 6.43 Å². The molecule has 0 heterocycles. The van der Waals surface area contributed by atoms with Crippen LogP contribution in [0.3, 0.4) is 0 Å². The minimum atomic E-state index is -2.83. The Hall–Kier alpha value is -0.810. The molecule has 0 bridgehead atoms. The van der Waals surface area contributed by atoms with Gasteiger partial charge in [0.15, 0.2) is 0 Å². The molecule has 0 aromatic rings. The molecule has 1 saturated carbocycles. The smallest absolute Gasteiger partial charge is 0.255 e. The van der Waals surface area contributed by atoms with Gasteiger partial charge in [-0.05, 0) is 12.8 Å². The Bertz CT molecular complexity index is 232. The number of hydrogen-bond donors (Lipinski definition) is 1. The van der Waals surface area contributed by atoms with E-state index in [4.69, 9.17) is 0 Å². The molecule has 0 saturated heterocycles. The van der Waals surface area contributed by atoms with E-state index in [9.17, 15) is 22.4 Å². The third kappa shape index (κ3) is 4.05. The highest BCUT2D eigenvalue weighted by Crippen LogP contribution is 2.36. The van der Waals surface area contributed by atoms with Gasteiger partial charge in [-0.2, -0.15) is 0 Å². The molecule has 0 unspecified atom stereocenters. The first-order valence-electron chi connectivity index (χ1n) is 4.84. The molecule has 0 aromatic heterocycles. The maximum absolute atomic E-state index is 12.9. The topological polar surface area (TPSA) is 29.1 Å². The van der Waals surface area contributed by atoms with Crippen molar-refractivity contribution in [2.24, 2.45) is 5.92 Å². The molecule has 1 fully saturated rings. The van der Waals surface area contributed by atoms with Crippen LogP contribution in [0.5, 0.6) is 0 Å². The number of halogens is 4. The SMILES string of the molecule is O=C(NCC(F)F)[C@H]1CCCC(F)(F)C1.